The highest BCUT2D eigenvalue weighted by Gasteiger charge is 2.37. The number of aromatic amines is 1. The fourth-order valence-electron chi connectivity index (χ4n) is 2.07. The summed E-state index contributed by atoms with van der Waals surface area (Å²) in [5.74, 6) is 0. The molecular formula is C13H10F3N5O. The second-order valence-electron chi connectivity index (χ2n) is 4.64. The minimum Gasteiger partial charge on any atom is -0.330 e. The molecule has 0 amide bonds. The van der Waals surface area contributed by atoms with Gasteiger partial charge in [-0.15, -0.1) is 0 Å². The number of hydrogen-bond acceptors (Lipinski definition) is 4. The summed E-state index contributed by atoms with van der Waals surface area (Å²) in [5.41, 5.74) is 5.57. The summed E-state index contributed by atoms with van der Waals surface area (Å²) in [6.45, 7) is 0. The van der Waals surface area contributed by atoms with Gasteiger partial charge in [0.2, 0.25) is 0 Å². The molecule has 0 radical (unpaired) electrons. The van der Waals surface area contributed by atoms with Crippen molar-refractivity contribution in [1.82, 2.24) is 19.7 Å². The van der Waals surface area contributed by atoms with Crippen molar-refractivity contribution < 1.29 is 13.2 Å². The summed E-state index contributed by atoms with van der Waals surface area (Å²) in [5, 5.41) is 4.33. The Balaban J connectivity index is 2.02. The van der Waals surface area contributed by atoms with Crippen LogP contribution in [0.15, 0.2) is 41.6 Å². The monoisotopic (exact) mass is 309 g/mol. The zero-order valence-corrected chi connectivity index (χ0v) is 11.0. The number of rotatable bonds is 2. The van der Waals surface area contributed by atoms with E-state index in [0.717, 1.165) is 0 Å². The molecule has 6 nitrogen and oxygen atoms in total. The van der Waals surface area contributed by atoms with Crippen LogP contribution in [0.25, 0.3) is 16.7 Å². The molecule has 0 aliphatic heterocycles. The predicted octanol–water partition coefficient (Wildman–Crippen LogP) is 1.67. The SMILES string of the molecule is NC(c1ccc(-n2ncc3c(=O)nc[nH]c32)cc1)C(F)(F)F. The van der Waals surface area contributed by atoms with Crippen molar-refractivity contribution in [3.8, 4) is 5.69 Å². The molecule has 0 aliphatic rings. The Bertz CT molecular complexity index is 866. The molecule has 0 fully saturated rings. The lowest BCUT2D eigenvalue weighted by Crippen LogP contribution is -2.28. The molecule has 0 saturated heterocycles. The number of nitrogens with zero attached hydrogens (tertiary/aromatic N) is 3. The fraction of sp³-hybridized carbons (Fsp3) is 0.154. The van der Waals surface area contributed by atoms with Crippen molar-refractivity contribution in [2.75, 3.05) is 0 Å². The van der Waals surface area contributed by atoms with E-state index in [9.17, 15) is 18.0 Å². The first-order valence-electron chi connectivity index (χ1n) is 6.22. The molecular weight excluding hydrogens is 299 g/mol. The molecule has 0 spiro atoms. The summed E-state index contributed by atoms with van der Waals surface area (Å²) >= 11 is 0. The molecule has 22 heavy (non-hydrogen) atoms. The molecule has 1 unspecified atom stereocenters. The van der Waals surface area contributed by atoms with Crippen LogP contribution < -0.4 is 11.3 Å². The summed E-state index contributed by atoms with van der Waals surface area (Å²) in [6.07, 6.45) is -1.93. The van der Waals surface area contributed by atoms with Gasteiger partial charge in [0.25, 0.3) is 5.56 Å². The molecule has 9 heteroatoms. The number of aromatic nitrogens is 4. The van der Waals surface area contributed by atoms with Crippen LogP contribution in [0.1, 0.15) is 11.6 Å². The van der Waals surface area contributed by atoms with Gasteiger partial charge in [-0.05, 0) is 17.7 Å². The van der Waals surface area contributed by atoms with Crippen molar-refractivity contribution in [1.29, 1.82) is 0 Å². The average molecular weight is 309 g/mol. The van der Waals surface area contributed by atoms with Crippen LogP contribution in [0.2, 0.25) is 0 Å². The third kappa shape index (κ3) is 2.35. The maximum absolute atomic E-state index is 12.6. The van der Waals surface area contributed by atoms with Crippen LogP contribution in [0, 0.1) is 0 Å². The standard InChI is InChI=1S/C13H10F3N5O/c14-13(15,16)10(17)7-1-3-8(4-2-7)21-11-9(5-20-21)12(22)19-6-18-11/h1-6,10H,17H2,(H,18,19,22). The van der Waals surface area contributed by atoms with E-state index in [1.807, 2.05) is 0 Å². The lowest BCUT2D eigenvalue weighted by atomic mass is 10.1. The van der Waals surface area contributed by atoms with Gasteiger partial charge in [0, 0.05) is 0 Å². The van der Waals surface area contributed by atoms with Gasteiger partial charge in [0.15, 0.2) is 0 Å². The van der Waals surface area contributed by atoms with Gasteiger partial charge in [-0.25, -0.2) is 4.68 Å². The summed E-state index contributed by atoms with van der Waals surface area (Å²) < 4.78 is 39.1. The number of halogens is 3. The number of alkyl halides is 3. The zero-order chi connectivity index (χ0) is 15.9. The molecule has 3 rings (SSSR count). The molecule has 1 atom stereocenters. The first-order chi connectivity index (χ1) is 10.4. The minimum absolute atomic E-state index is 0.0529. The molecule has 2 aromatic heterocycles. The van der Waals surface area contributed by atoms with E-state index < -0.39 is 17.8 Å². The van der Waals surface area contributed by atoms with Crippen LogP contribution in [0.3, 0.4) is 0 Å². The molecule has 0 saturated carbocycles. The number of H-pyrrole nitrogens is 1. The minimum atomic E-state index is -4.50. The summed E-state index contributed by atoms with van der Waals surface area (Å²) in [6, 6.07) is 3.42. The van der Waals surface area contributed by atoms with Crippen molar-refractivity contribution in [2.24, 2.45) is 5.73 Å². The Labute approximate surface area is 121 Å². The van der Waals surface area contributed by atoms with Gasteiger partial charge in [-0.3, -0.25) is 4.79 Å². The van der Waals surface area contributed by atoms with Crippen molar-refractivity contribution in [3.63, 3.8) is 0 Å². The first kappa shape index (κ1) is 14.3. The molecule has 0 aliphatic carbocycles. The highest BCUT2D eigenvalue weighted by molar-refractivity contribution is 5.74. The Morgan fingerprint density at radius 1 is 1.23 bits per heavy atom. The van der Waals surface area contributed by atoms with E-state index in [-0.39, 0.29) is 5.56 Å². The third-order valence-corrected chi connectivity index (χ3v) is 3.23. The van der Waals surface area contributed by atoms with Crippen LogP contribution in [-0.4, -0.2) is 25.9 Å². The Morgan fingerprint density at radius 2 is 1.91 bits per heavy atom. The molecule has 2 heterocycles. The van der Waals surface area contributed by atoms with E-state index in [2.05, 4.69) is 15.1 Å². The van der Waals surface area contributed by atoms with Gasteiger partial charge in [-0.2, -0.15) is 23.3 Å². The van der Waals surface area contributed by atoms with Gasteiger partial charge in [-0.1, -0.05) is 12.1 Å². The third-order valence-electron chi connectivity index (χ3n) is 3.23. The predicted molar refractivity (Wildman–Crippen MR) is 72.5 cm³/mol. The van der Waals surface area contributed by atoms with Gasteiger partial charge < -0.3 is 10.7 Å². The maximum atomic E-state index is 12.6. The van der Waals surface area contributed by atoms with E-state index in [1.165, 1.54) is 41.5 Å². The van der Waals surface area contributed by atoms with Gasteiger partial charge in [0.1, 0.15) is 17.1 Å². The van der Waals surface area contributed by atoms with Crippen LogP contribution in [0.5, 0.6) is 0 Å². The lowest BCUT2D eigenvalue weighted by Gasteiger charge is -2.16. The quantitative estimate of drug-likeness (QED) is 0.753. The number of nitrogens with two attached hydrogens (primary N) is 1. The van der Waals surface area contributed by atoms with E-state index in [0.29, 0.717) is 16.7 Å². The largest absolute Gasteiger partial charge is 0.407 e. The van der Waals surface area contributed by atoms with Gasteiger partial charge in [0.05, 0.1) is 18.2 Å². The van der Waals surface area contributed by atoms with E-state index >= 15 is 0 Å². The topological polar surface area (TPSA) is 89.6 Å². The Morgan fingerprint density at radius 3 is 2.55 bits per heavy atom. The second kappa shape index (κ2) is 4.95. The number of nitrogens with one attached hydrogen (secondary N) is 1. The summed E-state index contributed by atoms with van der Waals surface area (Å²) in [4.78, 5) is 17.9. The maximum Gasteiger partial charge on any atom is 0.407 e. The average Bonchev–Trinajstić information content (AvgIpc) is 2.91. The molecule has 3 N–H and O–H groups in total. The molecule has 114 valence electrons. The fourth-order valence-corrected chi connectivity index (χ4v) is 2.07. The van der Waals surface area contributed by atoms with E-state index in [4.69, 9.17) is 5.73 Å². The van der Waals surface area contributed by atoms with Crippen LogP contribution in [-0.2, 0) is 0 Å². The number of fused-ring (bicyclic) bond motifs is 1. The summed E-state index contributed by atoms with van der Waals surface area (Å²) in [7, 11) is 0. The number of benzene rings is 1. The highest BCUT2D eigenvalue weighted by atomic mass is 19.4. The molecule has 0 bridgehead atoms. The van der Waals surface area contributed by atoms with Gasteiger partial charge >= 0.3 is 6.18 Å². The molecule has 1 aromatic carbocycles. The van der Waals surface area contributed by atoms with Crippen LogP contribution >= 0.6 is 0 Å². The second-order valence-corrected chi connectivity index (χ2v) is 4.64. The molecule has 3 aromatic rings. The van der Waals surface area contributed by atoms with E-state index in [1.54, 1.807) is 0 Å². The normalized spacial score (nSPS) is 13.5. The van der Waals surface area contributed by atoms with Crippen molar-refractivity contribution in [3.05, 3.63) is 52.7 Å². The first-order valence-corrected chi connectivity index (χ1v) is 6.22. The smallest absolute Gasteiger partial charge is 0.330 e. The Hall–Kier alpha value is -2.68. The lowest BCUT2D eigenvalue weighted by molar-refractivity contribution is -0.149. The Kier molecular flexibility index (Phi) is 3.21. The van der Waals surface area contributed by atoms with Crippen molar-refractivity contribution in [2.45, 2.75) is 12.2 Å². The zero-order valence-electron chi connectivity index (χ0n) is 11.0. The van der Waals surface area contributed by atoms with Crippen LogP contribution in [0.4, 0.5) is 13.2 Å². The number of hydrogen-bond donors (Lipinski definition) is 2. The van der Waals surface area contributed by atoms with Crippen molar-refractivity contribution >= 4 is 11.0 Å². The highest BCUT2D eigenvalue weighted by Crippen LogP contribution is 2.30.